The number of amidine groups is 1. The summed E-state index contributed by atoms with van der Waals surface area (Å²) >= 11 is 0. The van der Waals surface area contributed by atoms with E-state index in [9.17, 15) is 18.0 Å². The molecule has 1 N–H and O–H groups in total. The maximum absolute atomic E-state index is 12.8. The number of ether oxygens (including phenoxy) is 3. The van der Waals surface area contributed by atoms with Gasteiger partial charge in [-0.3, -0.25) is 5.43 Å². The van der Waals surface area contributed by atoms with Gasteiger partial charge in [0, 0.05) is 27.3 Å². The largest absolute Gasteiger partial charge is 0.460 e. The molecule has 152 valence electrons. The Balaban J connectivity index is 3.08. The van der Waals surface area contributed by atoms with Gasteiger partial charge in [0.15, 0.2) is 0 Å². The van der Waals surface area contributed by atoms with Crippen LogP contribution in [0.1, 0.15) is 12.5 Å². The third kappa shape index (κ3) is 7.83. The summed E-state index contributed by atoms with van der Waals surface area (Å²) in [5.74, 6) is -0.785. The number of halogens is 3. The van der Waals surface area contributed by atoms with E-state index >= 15 is 0 Å². The molecule has 0 fully saturated rings. The summed E-state index contributed by atoms with van der Waals surface area (Å²) in [6, 6.07) is 4.51. The Kier molecular flexibility index (Phi) is 9.59. The Morgan fingerprint density at radius 2 is 1.81 bits per heavy atom. The van der Waals surface area contributed by atoms with Gasteiger partial charge in [-0.15, -0.1) is 5.10 Å². The monoisotopic (exact) mass is 391 g/mol. The van der Waals surface area contributed by atoms with E-state index in [-0.39, 0.29) is 18.1 Å². The molecule has 27 heavy (non-hydrogen) atoms. The fraction of sp³-hybridized carbons (Fsp3) is 0.529. The van der Waals surface area contributed by atoms with Gasteiger partial charge in [-0.05, 0) is 25.1 Å². The second-order valence-electron chi connectivity index (χ2n) is 5.32. The number of nitrogens with zero attached hydrogens (tertiary/aromatic N) is 2. The number of nitrogens with one attached hydrogen (secondary N) is 1. The van der Waals surface area contributed by atoms with Crippen LogP contribution in [0.4, 0.5) is 18.9 Å². The van der Waals surface area contributed by atoms with E-state index in [1.807, 2.05) is 0 Å². The maximum atomic E-state index is 12.8. The zero-order valence-corrected chi connectivity index (χ0v) is 15.5. The average molecular weight is 391 g/mol. The molecule has 0 aromatic heterocycles. The maximum Gasteiger partial charge on any atom is 0.416 e. The predicted molar refractivity (Wildman–Crippen MR) is 94.5 cm³/mol. The van der Waals surface area contributed by atoms with Gasteiger partial charge in [0.2, 0.25) is 5.84 Å². The summed E-state index contributed by atoms with van der Waals surface area (Å²) in [4.78, 5) is 13.8. The molecular weight excluding hydrogens is 367 g/mol. The van der Waals surface area contributed by atoms with Crippen molar-refractivity contribution in [2.75, 3.05) is 52.6 Å². The van der Waals surface area contributed by atoms with Gasteiger partial charge in [-0.25, -0.2) is 4.79 Å². The van der Waals surface area contributed by atoms with Gasteiger partial charge in [0.05, 0.1) is 31.1 Å². The first-order valence-electron chi connectivity index (χ1n) is 8.24. The van der Waals surface area contributed by atoms with Crippen molar-refractivity contribution in [2.24, 2.45) is 5.10 Å². The summed E-state index contributed by atoms with van der Waals surface area (Å²) < 4.78 is 53.5. The molecule has 0 atom stereocenters. The Morgan fingerprint density at radius 3 is 2.33 bits per heavy atom. The molecule has 1 aromatic carbocycles. The molecule has 0 bridgehead atoms. The average Bonchev–Trinajstić information content (AvgIpc) is 2.63. The number of hydrazone groups is 1. The molecule has 0 spiro atoms. The van der Waals surface area contributed by atoms with Crippen LogP contribution in [-0.2, 0) is 25.2 Å². The SMILES string of the molecule is CCOC(=O)/C(=N/Nc1cccc(C(F)(F)F)c1)N(CCOC)CCOC. The first kappa shape index (κ1) is 22.7. The van der Waals surface area contributed by atoms with E-state index in [2.05, 4.69) is 10.5 Å². The molecule has 0 aliphatic rings. The minimum Gasteiger partial charge on any atom is -0.460 e. The molecular formula is C17H24F3N3O4. The molecule has 0 unspecified atom stereocenters. The molecule has 0 saturated carbocycles. The van der Waals surface area contributed by atoms with Crippen LogP contribution in [0.5, 0.6) is 0 Å². The fourth-order valence-corrected chi connectivity index (χ4v) is 2.05. The number of hydrogen-bond acceptors (Lipinski definition) is 6. The van der Waals surface area contributed by atoms with Crippen LogP contribution in [0.2, 0.25) is 0 Å². The third-order valence-electron chi connectivity index (χ3n) is 3.37. The Morgan fingerprint density at radius 1 is 1.19 bits per heavy atom. The van der Waals surface area contributed by atoms with E-state index in [0.29, 0.717) is 26.3 Å². The van der Waals surface area contributed by atoms with Gasteiger partial charge in [0.25, 0.3) is 0 Å². The third-order valence-corrected chi connectivity index (χ3v) is 3.37. The van der Waals surface area contributed by atoms with Crippen molar-refractivity contribution in [1.82, 2.24) is 4.90 Å². The highest BCUT2D eigenvalue weighted by Crippen LogP contribution is 2.30. The minimum absolute atomic E-state index is 0.0802. The fourth-order valence-electron chi connectivity index (χ4n) is 2.05. The molecule has 0 heterocycles. The Hall–Kier alpha value is -2.33. The lowest BCUT2D eigenvalue weighted by molar-refractivity contribution is -0.138. The van der Waals surface area contributed by atoms with Crippen molar-refractivity contribution in [3.8, 4) is 0 Å². The topological polar surface area (TPSA) is 72.4 Å². The van der Waals surface area contributed by atoms with Crippen LogP contribution in [0, 0.1) is 0 Å². The van der Waals surface area contributed by atoms with Crippen molar-refractivity contribution in [1.29, 1.82) is 0 Å². The van der Waals surface area contributed by atoms with E-state index in [1.54, 1.807) is 11.8 Å². The highest BCUT2D eigenvalue weighted by molar-refractivity contribution is 6.35. The summed E-state index contributed by atoms with van der Waals surface area (Å²) in [6.07, 6.45) is -4.48. The summed E-state index contributed by atoms with van der Waals surface area (Å²) in [6.45, 7) is 3.04. The van der Waals surface area contributed by atoms with Gasteiger partial charge in [-0.1, -0.05) is 6.07 Å². The number of carbonyl (C=O) groups excluding carboxylic acids is 1. The number of anilines is 1. The van der Waals surface area contributed by atoms with Crippen molar-refractivity contribution < 1.29 is 32.2 Å². The zero-order chi connectivity index (χ0) is 20.3. The number of rotatable bonds is 9. The molecule has 1 aromatic rings. The van der Waals surface area contributed by atoms with Gasteiger partial charge in [0.1, 0.15) is 0 Å². The second-order valence-corrected chi connectivity index (χ2v) is 5.32. The van der Waals surface area contributed by atoms with Crippen molar-refractivity contribution in [3.63, 3.8) is 0 Å². The van der Waals surface area contributed by atoms with Gasteiger partial charge in [-0.2, -0.15) is 13.2 Å². The number of benzene rings is 1. The highest BCUT2D eigenvalue weighted by atomic mass is 19.4. The molecule has 0 aliphatic carbocycles. The van der Waals surface area contributed by atoms with Crippen LogP contribution >= 0.6 is 0 Å². The predicted octanol–water partition coefficient (Wildman–Crippen LogP) is 2.59. The van der Waals surface area contributed by atoms with Crippen LogP contribution in [0.25, 0.3) is 0 Å². The first-order valence-corrected chi connectivity index (χ1v) is 8.24. The van der Waals surface area contributed by atoms with Gasteiger partial charge < -0.3 is 19.1 Å². The Labute approximate surface area is 156 Å². The van der Waals surface area contributed by atoms with Crippen LogP contribution < -0.4 is 5.43 Å². The van der Waals surface area contributed by atoms with Crippen LogP contribution in [0.3, 0.4) is 0 Å². The molecule has 0 aliphatic heterocycles. The highest BCUT2D eigenvalue weighted by Gasteiger charge is 2.30. The van der Waals surface area contributed by atoms with E-state index < -0.39 is 17.7 Å². The lowest BCUT2D eigenvalue weighted by Gasteiger charge is -2.24. The molecule has 7 nitrogen and oxygen atoms in total. The van der Waals surface area contributed by atoms with E-state index in [4.69, 9.17) is 14.2 Å². The number of carbonyl (C=O) groups is 1. The van der Waals surface area contributed by atoms with Crippen molar-refractivity contribution in [2.45, 2.75) is 13.1 Å². The van der Waals surface area contributed by atoms with Gasteiger partial charge >= 0.3 is 12.1 Å². The molecule has 1 rings (SSSR count). The quantitative estimate of drug-likeness (QED) is 0.302. The van der Waals surface area contributed by atoms with Crippen LogP contribution in [0.15, 0.2) is 29.4 Å². The number of esters is 1. The zero-order valence-electron chi connectivity index (χ0n) is 15.5. The second kappa shape index (κ2) is 11.4. The number of alkyl halides is 3. The lowest BCUT2D eigenvalue weighted by Crippen LogP contribution is -2.42. The summed E-state index contributed by atoms with van der Waals surface area (Å²) in [5, 5.41) is 3.98. The molecule has 0 amide bonds. The Bertz CT molecular complexity index is 616. The molecule has 0 saturated heterocycles. The first-order chi connectivity index (χ1) is 12.8. The minimum atomic E-state index is -4.48. The number of hydrogen-bond donors (Lipinski definition) is 1. The molecule has 10 heteroatoms. The summed E-state index contributed by atoms with van der Waals surface area (Å²) in [5.41, 5.74) is 1.76. The van der Waals surface area contributed by atoms with Crippen molar-refractivity contribution in [3.05, 3.63) is 29.8 Å². The smallest absolute Gasteiger partial charge is 0.416 e. The normalized spacial score (nSPS) is 12.0. The summed E-state index contributed by atoms with van der Waals surface area (Å²) in [7, 11) is 3.02. The van der Waals surface area contributed by atoms with E-state index in [1.165, 1.54) is 26.4 Å². The lowest BCUT2D eigenvalue weighted by atomic mass is 10.2. The number of methoxy groups -OCH3 is 2. The van der Waals surface area contributed by atoms with Crippen molar-refractivity contribution >= 4 is 17.5 Å². The molecule has 0 radical (unpaired) electrons. The standard InChI is InChI=1S/C17H24F3N3O4/c1-4-27-16(24)15(23(8-10-25-2)9-11-26-3)22-21-14-7-5-6-13(12-14)17(18,19)20/h5-7,12,21H,4,8-11H2,1-3H3/b22-15-. The van der Waals surface area contributed by atoms with Crippen LogP contribution in [-0.4, -0.2) is 63.8 Å². The van der Waals surface area contributed by atoms with E-state index in [0.717, 1.165) is 12.1 Å².